The highest BCUT2D eigenvalue weighted by molar-refractivity contribution is 7.14. The Morgan fingerprint density at radius 2 is 2.21 bits per heavy atom. The highest BCUT2D eigenvalue weighted by Gasteiger charge is 2.15. The van der Waals surface area contributed by atoms with Gasteiger partial charge in [-0.05, 0) is 49.2 Å². The summed E-state index contributed by atoms with van der Waals surface area (Å²) in [5.41, 5.74) is 3.50. The first-order valence-electron chi connectivity index (χ1n) is 6.43. The van der Waals surface area contributed by atoms with Gasteiger partial charge in [0, 0.05) is 17.1 Å². The molecule has 0 radical (unpaired) electrons. The number of fused-ring (bicyclic) bond motifs is 1. The van der Waals surface area contributed by atoms with Gasteiger partial charge in [-0.3, -0.25) is 4.79 Å². The van der Waals surface area contributed by atoms with Crippen LogP contribution in [-0.2, 0) is 13.0 Å². The molecule has 1 aromatic carbocycles. The third kappa shape index (κ3) is 2.55. The third-order valence-electron chi connectivity index (χ3n) is 3.35. The lowest BCUT2D eigenvalue weighted by molar-refractivity contribution is 0.103. The molecule has 2 heterocycles. The Morgan fingerprint density at radius 3 is 3.00 bits per heavy atom. The first-order chi connectivity index (χ1) is 9.24. The second-order valence-corrected chi connectivity index (χ2v) is 6.02. The molecule has 4 heteroatoms. The summed E-state index contributed by atoms with van der Waals surface area (Å²) in [7, 11) is 0. The van der Waals surface area contributed by atoms with Crippen LogP contribution < -0.4 is 10.6 Å². The van der Waals surface area contributed by atoms with Crippen molar-refractivity contribution in [2.75, 3.05) is 11.9 Å². The van der Waals surface area contributed by atoms with Crippen LogP contribution in [-0.4, -0.2) is 12.5 Å². The summed E-state index contributed by atoms with van der Waals surface area (Å²) < 4.78 is 0. The number of aryl methyl sites for hydroxylation is 1. The fourth-order valence-electron chi connectivity index (χ4n) is 2.39. The Labute approximate surface area is 116 Å². The van der Waals surface area contributed by atoms with Gasteiger partial charge < -0.3 is 10.6 Å². The van der Waals surface area contributed by atoms with Crippen molar-refractivity contribution < 1.29 is 4.79 Å². The van der Waals surface area contributed by atoms with Gasteiger partial charge in [0.1, 0.15) is 0 Å². The van der Waals surface area contributed by atoms with E-state index in [4.69, 9.17) is 0 Å². The van der Waals surface area contributed by atoms with E-state index in [-0.39, 0.29) is 5.91 Å². The van der Waals surface area contributed by atoms with E-state index in [1.165, 1.54) is 22.5 Å². The van der Waals surface area contributed by atoms with E-state index in [9.17, 15) is 4.79 Å². The maximum absolute atomic E-state index is 12.2. The van der Waals surface area contributed by atoms with Crippen LogP contribution in [0.5, 0.6) is 0 Å². The number of carbonyl (C=O) groups is 1. The number of carbonyl (C=O) groups excluding carboxylic acids is 1. The molecule has 3 rings (SSSR count). The molecule has 1 aliphatic rings. The zero-order valence-corrected chi connectivity index (χ0v) is 11.6. The second-order valence-electron chi connectivity index (χ2n) is 4.73. The molecule has 2 aromatic rings. The smallest absolute Gasteiger partial charge is 0.265 e. The molecule has 0 spiro atoms. The van der Waals surface area contributed by atoms with Crippen LogP contribution in [0.3, 0.4) is 0 Å². The number of amides is 1. The molecule has 0 atom stereocenters. The maximum Gasteiger partial charge on any atom is 0.265 e. The molecule has 98 valence electrons. The lowest BCUT2D eigenvalue weighted by Crippen LogP contribution is -2.25. The quantitative estimate of drug-likeness (QED) is 0.882. The first kappa shape index (κ1) is 12.4. The van der Waals surface area contributed by atoms with Crippen LogP contribution in [0, 0.1) is 6.92 Å². The molecule has 1 aromatic heterocycles. The Hall–Kier alpha value is -1.65. The van der Waals surface area contributed by atoms with Crippen LogP contribution in [0.2, 0.25) is 0 Å². The zero-order chi connectivity index (χ0) is 13.2. The molecule has 0 saturated carbocycles. The summed E-state index contributed by atoms with van der Waals surface area (Å²) in [6, 6.07) is 9.96. The molecule has 0 unspecified atom stereocenters. The van der Waals surface area contributed by atoms with Gasteiger partial charge in [-0.15, -0.1) is 11.3 Å². The minimum Gasteiger partial charge on any atom is -0.321 e. The lowest BCUT2D eigenvalue weighted by atomic mass is 9.99. The van der Waals surface area contributed by atoms with Crippen molar-refractivity contribution in [2.45, 2.75) is 19.9 Å². The average molecular weight is 272 g/mol. The fraction of sp³-hybridized carbons (Fsp3) is 0.267. The molecule has 0 saturated heterocycles. The third-order valence-corrected chi connectivity index (χ3v) is 4.35. The summed E-state index contributed by atoms with van der Waals surface area (Å²) in [6.07, 6.45) is 0.968. The predicted octanol–water partition coefficient (Wildman–Crippen LogP) is 2.95. The van der Waals surface area contributed by atoms with Crippen molar-refractivity contribution >= 4 is 22.9 Å². The van der Waals surface area contributed by atoms with Crippen molar-refractivity contribution in [1.82, 2.24) is 5.32 Å². The van der Waals surface area contributed by atoms with Crippen molar-refractivity contribution in [3.63, 3.8) is 0 Å². The monoisotopic (exact) mass is 272 g/mol. The summed E-state index contributed by atoms with van der Waals surface area (Å²) >= 11 is 1.53. The largest absolute Gasteiger partial charge is 0.321 e. The van der Waals surface area contributed by atoms with E-state index >= 15 is 0 Å². The normalized spacial score (nSPS) is 13.9. The van der Waals surface area contributed by atoms with Gasteiger partial charge in [0.05, 0.1) is 4.88 Å². The molecule has 0 aliphatic carbocycles. The SMILES string of the molecule is Cc1ccc(C(=O)Nc2cccc3c2CCNC3)s1. The highest BCUT2D eigenvalue weighted by Crippen LogP contribution is 2.24. The molecular formula is C15H16N2OS. The van der Waals surface area contributed by atoms with Crippen molar-refractivity contribution in [1.29, 1.82) is 0 Å². The number of nitrogens with one attached hydrogen (secondary N) is 2. The van der Waals surface area contributed by atoms with E-state index in [0.717, 1.165) is 35.0 Å². The maximum atomic E-state index is 12.2. The lowest BCUT2D eigenvalue weighted by Gasteiger charge is -2.20. The minimum absolute atomic E-state index is 0.00923. The van der Waals surface area contributed by atoms with Crippen molar-refractivity contribution in [3.8, 4) is 0 Å². The van der Waals surface area contributed by atoms with Gasteiger partial charge in [-0.1, -0.05) is 12.1 Å². The van der Waals surface area contributed by atoms with Gasteiger partial charge in [-0.2, -0.15) is 0 Å². The molecule has 3 nitrogen and oxygen atoms in total. The number of anilines is 1. The second kappa shape index (κ2) is 5.15. The molecule has 0 bridgehead atoms. The number of thiophene rings is 1. The van der Waals surface area contributed by atoms with Gasteiger partial charge >= 0.3 is 0 Å². The van der Waals surface area contributed by atoms with E-state index in [2.05, 4.69) is 16.7 Å². The highest BCUT2D eigenvalue weighted by atomic mass is 32.1. The molecule has 19 heavy (non-hydrogen) atoms. The predicted molar refractivity (Wildman–Crippen MR) is 78.9 cm³/mol. The van der Waals surface area contributed by atoms with Crippen molar-refractivity contribution in [2.24, 2.45) is 0 Å². The standard InChI is InChI=1S/C15H16N2OS/c1-10-5-6-14(19-10)15(18)17-13-4-2-3-11-9-16-8-7-12(11)13/h2-6,16H,7-9H2,1H3,(H,17,18). The van der Waals surface area contributed by atoms with Crippen LogP contribution in [0.1, 0.15) is 25.7 Å². The molecular weight excluding hydrogens is 256 g/mol. The van der Waals surface area contributed by atoms with Gasteiger partial charge in [-0.25, -0.2) is 0 Å². The zero-order valence-electron chi connectivity index (χ0n) is 10.8. The molecule has 1 amide bonds. The van der Waals surface area contributed by atoms with Gasteiger partial charge in [0.2, 0.25) is 0 Å². The summed E-state index contributed by atoms with van der Waals surface area (Å²) in [5.74, 6) is -0.00923. The Morgan fingerprint density at radius 1 is 1.32 bits per heavy atom. The number of rotatable bonds is 2. The summed E-state index contributed by atoms with van der Waals surface area (Å²) in [6.45, 7) is 3.87. The van der Waals surface area contributed by atoms with Crippen molar-refractivity contribution in [3.05, 3.63) is 51.2 Å². The Kier molecular flexibility index (Phi) is 3.36. The van der Waals surface area contributed by atoms with E-state index in [1.807, 2.05) is 31.2 Å². The number of benzene rings is 1. The van der Waals surface area contributed by atoms with Gasteiger partial charge in [0.25, 0.3) is 5.91 Å². The van der Waals surface area contributed by atoms with E-state index in [1.54, 1.807) is 0 Å². The summed E-state index contributed by atoms with van der Waals surface area (Å²) in [4.78, 5) is 14.1. The molecule has 1 aliphatic heterocycles. The topological polar surface area (TPSA) is 41.1 Å². The molecule has 0 fully saturated rings. The Bertz CT molecular complexity index is 618. The van der Waals surface area contributed by atoms with Crippen LogP contribution >= 0.6 is 11.3 Å². The molecule has 2 N–H and O–H groups in total. The fourth-order valence-corrected chi connectivity index (χ4v) is 3.15. The van der Waals surface area contributed by atoms with Crippen LogP contribution in [0.15, 0.2) is 30.3 Å². The Balaban J connectivity index is 1.85. The van der Waals surface area contributed by atoms with Gasteiger partial charge in [0.15, 0.2) is 0 Å². The summed E-state index contributed by atoms with van der Waals surface area (Å²) in [5, 5.41) is 6.39. The minimum atomic E-state index is -0.00923. The number of hydrogen-bond acceptors (Lipinski definition) is 3. The van der Waals surface area contributed by atoms with Crippen LogP contribution in [0.25, 0.3) is 0 Å². The van der Waals surface area contributed by atoms with E-state index < -0.39 is 0 Å². The van der Waals surface area contributed by atoms with E-state index in [0.29, 0.717) is 0 Å². The number of hydrogen-bond donors (Lipinski definition) is 2. The first-order valence-corrected chi connectivity index (χ1v) is 7.25. The van der Waals surface area contributed by atoms with Crippen LogP contribution in [0.4, 0.5) is 5.69 Å². The average Bonchev–Trinajstić information content (AvgIpc) is 2.86.